The predicted octanol–water partition coefficient (Wildman–Crippen LogP) is 1.71. The molecule has 1 N–H and O–H groups in total. The molecule has 0 aliphatic carbocycles. The van der Waals surface area contributed by atoms with Crippen LogP contribution in [0.25, 0.3) is 0 Å². The molecule has 7 heteroatoms. The van der Waals surface area contributed by atoms with Gasteiger partial charge in [-0.25, -0.2) is 8.42 Å². The highest BCUT2D eigenvalue weighted by Gasteiger charge is 2.15. The van der Waals surface area contributed by atoms with Gasteiger partial charge >= 0.3 is 0 Å². The number of carbonyl (C=O) groups is 1. The summed E-state index contributed by atoms with van der Waals surface area (Å²) in [4.78, 5) is 11.1. The van der Waals surface area contributed by atoms with Gasteiger partial charge in [-0.05, 0) is 35.2 Å². The summed E-state index contributed by atoms with van der Waals surface area (Å²) in [5.74, 6) is 0.127. The van der Waals surface area contributed by atoms with Crippen molar-refractivity contribution in [2.24, 2.45) is 0 Å². The van der Waals surface area contributed by atoms with Gasteiger partial charge < -0.3 is 10.1 Å². The maximum absolute atomic E-state index is 11.6. The smallest absolute Gasteiger partial charge is 0.229 e. The third-order valence-corrected chi connectivity index (χ3v) is 5.15. The fourth-order valence-electron chi connectivity index (χ4n) is 1.23. The Bertz CT molecular complexity index is 525. The van der Waals surface area contributed by atoms with Crippen molar-refractivity contribution in [3.8, 4) is 5.75 Å². The second kappa shape index (κ2) is 5.42. The molecule has 0 atom stereocenters. The number of anilines is 1. The quantitative estimate of drug-likeness (QED) is 0.847. The second-order valence-corrected chi connectivity index (χ2v) is 7.19. The summed E-state index contributed by atoms with van der Waals surface area (Å²) in [5, 5.41) is 2.52. The number of nitrogens with one attached hydrogen (secondary N) is 1. The molecule has 1 amide bonds. The van der Waals surface area contributed by atoms with E-state index in [0.29, 0.717) is 11.4 Å². The van der Waals surface area contributed by atoms with E-state index in [9.17, 15) is 13.2 Å². The summed E-state index contributed by atoms with van der Waals surface area (Å²) in [6, 6.07) is 4.33. The zero-order valence-electron chi connectivity index (χ0n) is 9.68. The molecular formula is C10H13NO4S2. The van der Waals surface area contributed by atoms with Gasteiger partial charge in [0.25, 0.3) is 0 Å². The lowest BCUT2D eigenvalue weighted by molar-refractivity contribution is -0.114. The van der Waals surface area contributed by atoms with Gasteiger partial charge in [-0.3, -0.25) is 4.79 Å². The second-order valence-electron chi connectivity index (χ2n) is 3.16. The van der Waals surface area contributed by atoms with Crippen LogP contribution in [-0.2, 0) is 13.7 Å². The highest BCUT2D eigenvalue weighted by molar-refractivity contribution is 8.71. The Morgan fingerprint density at radius 3 is 2.53 bits per heavy atom. The van der Waals surface area contributed by atoms with E-state index < -0.39 is 8.87 Å². The summed E-state index contributed by atoms with van der Waals surface area (Å²) in [5.41, 5.74) is 0.343. The topological polar surface area (TPSA) is 72.5 Å². The Balaban J connectivity index is 3.27. The molecule has 1 rings (SSSR count). The number of hydrogen-bond donors (Lipinski definition) is 1. The lowest BCUT2D eigenvalue weighted by atomic mass is 10.3. The highest BCUT2D eigenvalue weighted by atomic mass is 33.1. The lowest BCUT2D eigenvalue weighted by Crippen LogP contribution is -2.08. The molecule has 0 radical (unpaired) electrons. The fraction of sp³-hybridized carbons (Fsp3) is 0.300. The van der Waals surface area contributed by atoms with E-state index >= 15 is 0 Å². The zero-order chi connectivity index (χ0) is 13.1. The number of benzene rings is 1. The minimum Gasteiger partial charge on any atom is -0.495 e. The Morgan fingerprint density at radius 2 is 2.06 bits per heavy atom. The minimum absolute atomic E-state index is 0.134. The van der Waals surface area contributed by atoms with E-state index in [1.807, 2.05) is 0 Å². The molecule has 0 unspecified atom stereocenters. The van der Waals surface area contributed by atoms with Crippen LogP contribution in [0.5, 0.6) is 5.75 Å². The van der Waals surface area contributed by atoms with Crippen molar-refractivity contribution in [1.29, 1.82) is 0 Å². The molecule has 0 heterocycles. The first-order chi connectivity index (χ1) is 7.90. The number of rotatable bonds is 4. The third kappa shape index (κ3) is 3.37. The van der Waals surface area contributed by atoms with Crippen molar-refractivity contribution in [2.45, 2.75) is 11.8 Å². The molecule has 0 spiro atoms. The highest BCUT2D eigenvalue weighted by Crippen LogP contribution is 2.30. The van der Waals surface area contributed by atoms with Crippen LogP contribution in [0.2, 0.25) is 0 Å². The summed E-state index contributed by atoms with van der Waals surface area (Å²) < 4.78 is 28.3. The molecule has 0 aliphatic rings. The van der Waals surface area contributed by atoms with Gasteiger partial charge in [-0.15, -0.1) is 0 Å². The average Bonchev–Trinajstić information content (AvgIpc) is 2.28. The number of methoxy groups -OCH3 is 1. The van der Waals surface area contributed by atoms with E-state index in [1.54, 1.807) is 0 Å². The van der Waals surface area contributed by atoms with Gasteiger partial charge in [0.15, 0.2) is 0 Å². The van der Waals surface area contributed by atoms with E-state index in [0.717, 1.165) is 10.8 Å². The van der Waals surface area contributed by atoms with Gasteiger partial charge in [-0.2, -0.15) is 0 Å². The first-order valence-corrected chi connectivity index (χ1v) is 7.89. The van der Waals surface area contributed by atoms with Crippen LogP contribution in [0.1, 0.15) is 6.92 Å². The van der Waals surface area contributed by atoms with Crippen LogP contribution in [0.15, 0.2) is 23.1 Å². The molecule has 17 heavy (non-hydrogen) atoms. The Hall–Kier alpha value is -1.21. The van der Waals surface area contributed by atoms with Crippen LogP contribution in [0, 0.1) is 0 Å². The Kier molecular flexibility index (Phi) is 4.41. The van der Waals surface area contributed by atoms with Crippen LogP contribution in [-0.4, -0.2) is 27.7 Å². The molecule has 0 aliphatic heterocycles. The molecule has 0 saturated carbocycles. The van der Waals surface area contributed by atoms with Crippen LogP contribution < -0.4 is 10.1 Å². The molecule has 1 aromatic carbocycles. The Labute approximate surface area is 104 Å². The van der Waals surface area contributed by atoms with Gasteiger partial charge in [0, 0.05) is 6.92 Å². The fourth-order valence-corrected chi connectivity index (χ4v) is 2.80. The third-order valence-electron chi connectivity index (χ3n) is 1.99. The van der Waals surface area contributed by atoms with Crippen LogP contribution in [0.3, 0.4) is 0 Å². The molecule has 0 bridgehead atoms. The van der Waals surface area contributed by atoms with E-state index in [-0.39, 0.29) is 10.8 Å². The standard InChI is InChI=1S/C10H13NO4S2/c1-7(12)11-9-6-8(17(13,14)16-3)4-5-10(9)15-2/h4-6H,1-3H3,(H,11,12). The van der Waals surface area contributed by atoms with Gasteiger partial charge in [0.1, 0.15) is 5.75 Å². The molecule has 94 valence electrons. The van der Waals surface area contributed by atoms with Gasteiger partial charge in [0.2, 0.25) is 14.8 Å². The first kappa shape index (κ1) is 13.9. The number of carbonyl (C=O) groups excluding carboxylic acids is 1. The van der Waals surface area contributed by atoms with Crippen LogP contribution in [0.4, 0.5) is 5.69 Å². The number of ether oxygens (including phenoxy) is 1. The maximum atomic E-state index is 11.6. The van der Waals surface area contributed by atoms with Crippen molar-refractivity contribution in [2.75, 3.05) is 18.7 Å². The lowest BCUT2D eigenvalue weighted by Gasteiger charge is -2.10. The van der Waals surface area contributed by atoms with E-state index in [1.165, 1.54) is 38.5 Å². The first-order valence-electron chi connectivity index (χ1n) is 4.67. The minimum atomic E-state index is -3.37. The summed E-state index contributed by atoms with van der Waals surface area (Å²) in [6.07, 6.45) is 1.48. The number of amides is 1. The average molecular weight is 275 g/mol. The monoisotopic (exact) mass is 275 g/mol. The van der Waals surface area contributed by atoms with Crippen molar-refractivity contribution in [1.82, 2.24) is 0 Å². The van der Waals surface area contributed by atoms with Crippen molar-refractivity contribution < 1.29 is 17.9 Å². The van der Waals surface area contributed by atoms with E-state index in [2.05, 4.69) is 5.32 Å². The molecule has 0 aromatic heterocycles. The van der Waals surface area contributed by atoms with Crippen molar-refractivity contribution in [3.63, 3.8) is 0 Å². The zero-order valence-corrected chi connectivity index (χ0v) is 11.3. The number of hydrogen-bond acceptors (Lipinski definition) is 5. The summed E-state index contributed by atoms with van der Waals surface area (Å²) in [6.45, 7) is 1.34. The van der Waals surface area contributed by atoms with E-state index in [4.69, 9.17) is 4.74 Å². The summed E-state index contributed by atoms with van der Waals surface area (Å²) >= 11 is 0. The largest absolute Gasteiger partial charge is 0.495 e. The summed E-state index contributed by atoms with van der Waals surface area (Å²) in [7, 11) is -1.18. The molecular weight excluding hydrogens is 262 g/mol. The Morgan fingerprint density at radius 1 is 1.41 bits per heavy atom. The normalized spacial score (nSPS) is 11.0. The van der Waals surface area contributed by atoms with Crippen LogP contribution >= 0.6 is 10.8 Å². The SMILES string of the molecule is COc1ccc(S(=O)(=O)SC)cc1NC(C)=O. The van der Waals surface area contributed by atoms with Gasteiger partial charge in [-0.1, -0.05) is 0 Å². The van der Waals surface area contributed by atoms with Crippen molar-refractivity contribution in [3.05, 3.63) is 18.2 Å². The molecule has 0 saturated heterocycles. The molecule has 0 fully saturated rings. The predicted molar refractivity (Wildman–Crippen MR) is 68.0 cm³/mol. The van der Waals surface area contributed by atoms with Crippen molar-refractivity contribution >= 4 is 31.3 Å². The maximum Gasteiger partial charge on any atom is 0.229 e. The molecule has 5 nitrogen and oxygen atoms in total. The van der Waals surface area contributed by atoms with Gasteiger partial charge in [0.05, 0.1) is 17.7 Å². The molecule has 1 aromatic rings.